The molecular formula is C34H43N3O4. The van der Waals surface area contributed by atoms with Gasteiger partial charge in [-0.1, -0.05) is 37.8 Å². The molecule has 41 heavy (non-hydrogen) atoms. The van der Waals surface area contributed by atoms with Crippen molar-refractivity contribution in [2.24, 2.45) is 7.05 Å². The van der Waals surface area contributed by atoms with E-state index in [9.17, 15) is 0 Å². The van der Waals surface area contributed by atoms with Crippen LogP contribution in [0.2, 0.25) is 0 Å². The van der Waals surface area contributed by atoms with Crippen LogP contribution in [0.3, 0.4) is 0 Å². The van der Waals surface area contributed by atoms with Gasteiger partial charge in [0, 0.05) is 86.2 Å². The average molecular weight is 558 g/mol. The van der Waals surface area contributed by atoms with Crippen LogP contribution < -0.4 is 4.74 Å². The quantitative estimate of drug-likeness (QED) is 0.149. The maximum Gasteiger partial charge on any atom is 0.213 e. The largest absolute Gasteiger partial charge is 0.474 e. The van der Waals surface area contributed by atoms with E-state index in [2.05, 4.69) is 51.9 Å². The normalized spacial score (nSPS) is 20.9. The number of benzene rings is 1. The van der Waals surface area contributed by atoms with Crippen molar-refractivity contribution in [3.05, 3.63) is 55.0 Å². The van der Waals surface area contributed by atoms with E-state index in [0.29, 0.717) is 12.0 Å². The fourth-order valence-corrected chi connectivity index (χ4v) is 5.99. The fourth-order valence-electron chi connectivity index (χ4n) is 5.99. The second kappa shape index (κ2) is 13.8. The summed E-state index contributed by atoms with van der Waals surface area (Å²) in [5.74, 6) is 0.686. The highest BCUT2D eigenvalue weighted by atomic mass is 16.7. The van der Waals surface area contributed by atoms with Gasteiger partial charge < -0.3 is 23.5 Å². The van der Waals surface area contributed by atoms with Crippen molar-refractivity contribution in [1.82, 2.24) is 14.5 Å². The highest BCUT2D eigenvalue weighted by Crippen LogP contribution is 2.32. The van der Waals surface area contributed by atoms with Gasteiger partial charge in [0.2, 0.25) is 5.88 Å². The third-order valence-electron chi connectivity index (χ3n) is 8.55. The molecule has 7 heteroatoms. The lowest BCUT2D eigenvalue weighted by Gasteiger charge is -2.34. The number of aromatic nitrogens is 3. The Morgan fingerprint density at radius 3 is 2.39 bits per heavy atom. The lowest BCUT2D eigenvalue weighted by atomic mass is 9.92. The van der Waals surface area contributed by atoms with Crippen LogP contribution in [-0.4, -0.2) is 52.9 Å². The number of fused-ring (bicyclic) bond motifs is 3. The maximum absolute atomic E-state index is 6.11. The summed E-state index contributed by atoms with van der Waals surface area (Å²) in [6.45, 7) is 2.54. The predicted octanol–water partition coefficient (Wildman–Crippen LogP) is 7.60. The van der Waals surface area contributed by atoms with Crippen molar-refractivity contribution in [3.63, 3.8) is 0 Å². The molecule has 1 saturated heterocycles. The molecule has 3 aromatic heterocycles. The lowest BCUT2D eigenvalue weighted by molar-refractivity contribution is -0.162. The Kier molecular flexibility index (Phi) is 9.45. The first kappa shape index (κ1) is 28.1. The van der Waals surface area contributed by atoms with Gasteiger partial charge in [-0.25, -0.2) is 4.98 Å². The molecule has 218 valence electrons. The van der Waals surface area contributed by atoms with E-state index in [0.717, 1.165) is 63.1 Å². The van der Waals surface area contributed by atoms with Crippen molar-refractivity contribution in [3.8, 4) is 17.0 Å². The van der Waals surface area contributed by atoms with Crippen molar-refractivity contribution >= 4 is 21.8 Å². The minimum Gasteiger partial charge on any atom is -0.474 e. The molecule has 0 bridgehead atoms. The van der Waals surface area contributed by atoms with Crippen molar-refractivity contribution in [2.45, 2.75) is 89.1 Å². The minimum atomic E-state index is 0.0513. The maximum atomic E-state index is 6.11. The summed E-state index contributed by atoms with van der Waals surface area (Å²) in [4.78, 5) is 8.90. The molecule has 1 saturated carbocycles. The van der Waals surface area contributed by atoms with Gasteiger partial charge in [-0.2, -0.15) is 0 Å². The van der Waals surface area contributed by atoms with E-state index >= 15 is 0 Å². The average Bonchev–Trinajstić information content (AvgIpc) is 3.28. The van der Waals surface area contributed by atoms with Gasteiger partial charge in [-0.3, -0.25) is 4.98 Å². The first-order valence-electron chi connectivity index (χ1n) is 15.5. The molecule has 0 radical (unpaired) electrons. The van der Waals surface area contributed by atoms with Crippen LogP contribution in [0.15, 0.2) is 55.0 Å². The van der Waals surface area contributed by atoms with Gasteiger partial charge in [0.15, 0.2) is 6.29 Å². The molecule has 1 aliphatic heterocycles. The summed E-state index contributed by atoms with van der Waals surface area (Å²) < 4.78 is 25.8. The third kappa shape index (κ3) is 7.08. The van der Waals surface area contributed by atoms with Gasteiger partial charge >= 0.3 is 0 Å². The number of aryl methyl sites for hydroxylation is 1. The molecule has 0 amide bonds. The Balaban J connectivity index is 0.848. The van der Waals surface area contributed by atoms with Crippen LogP contribution in [0.25, 0.3) is 32.9 Å². The molecule has 7 nitrogen and oxygen atoms in total. The molecule has 0 N–H and O–H groups in total. The summed E-state index contributed by atoms with van der Waals surface area (Å²) in [5.41, 5.74) is 4.61. The van der Waals surface area contributed by atoms with E-state index in [1.807, 2.05) is 24.7 Å². The molecule has 0 spiro atoms. The number of hydrogen-bond donors (Lipinski definition) is 0. The second-order valence-corrected chi connectivity index (χ2v) is 11.6. The van der Waals surface area contributed by atoms with Crippen molar-refractivity contribution in [1.29, 1.82) is 0 Å². The standard InChI is InChI=1S/C34H43N3O4/c1-37-31-15-16-35-24-30(31)29-13-11-25(20-32(29)37)26-12-14-33(36-23-26)41-28-21-27(22-28)38-17-7-4-2-3-5-8-18-39-34-10-6-9-19-40-34/h11-16,20,23-24,27-28,34H,2-10,17-19,21-22H2,1H3. The Bertz CT molecular complexity index is 1390. The van der Waals surface area contributed by atoms with E-state index in [1.54, 1.807) is 0 Å². The van der Waals surface area contributed by atoms with Gasteiger partial charge in [-0.05, 0) is 55.9 Å². The number of ether oxygens (including phenoxy) is 4. The Labute approximate surface area is 243 Å². The smallest absolute Gasteiger partial charge is 0.213 e. The second-order valence-electron chi connectivity index (χ2n) is 11.6. The monoisotopic (exact) mass is 557 g/mol. The molecule has 6 rings (SSSR count). The molecule has 2 fully saturated rings. The fraction of sp³-hybridized carbons (Fsp3) is 0.529. The predicted molar refractivity (Wildman–Crippen MR) is 162 cm³/mol. The van der Waals surface area contributed by atoms with Gasteiger partial charge in [0.05, 0.1) is 11.6 Å². The topological polar surface area (TPSA) is 67.6 Å². The summed E-state index contributed by atoms with van der Waals surface area (Å²) >= 11 is 0. The number of unbranched alkanes of at least 4 members (excludes halogenated alkanes) is 5. The van der Waals surface area contributed by atoms with Crippen LogP contribution in [-0.2, 0) is 21.3 Å². The first-order chi connectivity index (χ1) is 20.2. The zero-order valence-electron chi connectivity index (χ0n) is 24.3. The van der Waals surface area contributed by atoms with Crippen LogP contribution in [0.4, 0.5) is 0 Å². The highest BCUT2D eigenvalue weighted by Gasteiger charge is 2.31. The van der Waals surface area contributed by atoms with E-state index in [4.69, 9.17) is 18.9 Å². The van der Waals surface area contributed by atoms with E-state index in [-0.39, 0.29) is 12.4 Å². The van der Waals surface area contributed by atoms with E-state index < -0.39 is 0 Å². The molecule has 4 aromatic rings. The SMILES string of the molecule is Cn1c2ccncc2c2ccc(-c3ccc(OC4CC(OCCCCCCCCOC5CCCCO5)C4)nc3)cc21. The molecular weight excluding hydrogens is 514 g/mol. The first-order valence-corrected chi connectivity index (χ1v) is 15.5. The summed E-state index contributed by atoms with van der Waals surface area (Å²) in [6.07, 6.45) is 18.9. The Morgan fingerprint density at radius 2 is 1.61 bits per heavy atom. The van der Waals surface area contributed by atoms with E-state index in [1.165, 1.54) is 60.3 Å². The minimum absolute atomic E-state index is 0.0513. The highest BCUT2D eigenvalue weighted by molar-refractivity contribution is 6.08. The number of nitrogens with zero attached hydrogens (tertiary/aromatic N) is 3. The Morgan fingerprint density at radius 1 is 0.805 bits per heavy atom. The third-order valence-corrected chi connectivity index (χ3v) is 8.55. The summed E-state index contributed by atoms with van der Waals surface area (Å²) in [5, 5.41) is 2.40. The molecule has 1 unspecified atom stereocenters. The lowest BCUT2D eigenvalue weighted by Crippen LogP contribution is -2.39. The van der Waals surface area contributed by atoms with Crippen LogP contribution in [0, 0.1) is 0 Å². The molecule has 4 heterocycles. The van der Waals surface area contributed by atoms with Gasteiger partial charge in [-0.15, -0.1) is 0 Å². The summed E-state index contributed by atoms with van der Waals surface area (Å²) in [6, 6.07) is 12.7. The van der Waals surface area contributed by atoms with Gasteiger partial charge in [0.1, 0.15) is 6.10 Å². The van der Waals surface area contributed by atoms with Crippen LogP contribution >= 0.6 is 0 Å². The molecule has 1 atom stereocenters. The summed E-state index contributed by atoms with van der Waals surface area (Å²) in [7, 11) is 2.10. The molecule has 1 aromatic carbocycles. The number of rotatable bonds is 14. The molecule has 2 aliphatic rings. The van der Waals surface area contributed by atoms with Gasteiger partial charge in [0.25, 0.3) is 0 Å². The number of hydrogen-bond acceptors (Lipinski definition) is 6. The Hall–Kier alpha value is -3.00. The molecule has 1 aliphatic carbocycles. The van der Waals surface area contributed by atoms with Crippen molar-refractivity contribution in [2.75, 3.05) is 19.8 Å². The number of pyridine rings is 2. The zero-order valence-corrected chi connectivity index (χ0v) is 24.3. The van der Waals surface area contributed by atoms with Crippen LogP contribution in [0.5, 0.6) is 5.88 Å². The zero-order chi connectivity index (χ0) is 27.9. The van der Waals surface area contributed by atoms with Crippen LogP contribution in [0.1, 0.15) is 70.6 Å². The van der Waals surface area contributed by atoms with Crippen molar-refractivity contribution < 1.29 is 18.9 Å².